The molecule has 1 saturated heterocycles. The summed E-state index contributed by atoms with van der Waals surface area (Å²) in [5.41, 5.74) is 7.85. The molecule has 1 aromatic rings. The highest BCUT2D eigenvalue weighted by molar-refractivity contribution is 6.31. The first-order valence-corrected chi connectivity index (χ1v) is 6.60. The van der Waals surface area contributed by atoms with E-state index in [9.17, 15) is 0 Å². The smallest absolute Gasteiger partial charge is 0.0601 e. The summed E-state index contributed by atoms with van der Waals surface area (Å²) in [5, 5.41) is 0.690. The lowest BCUT2D eigenvalue weighted by atomic mass is 10.2. The Balaban J connectivity index is 1.93. The molecule has 18 heavy (non-hydrogen) atoms. The number of hydrogen-bond acceptors (Lipinski definition) is 4. The van der Waals surface area contributed by atoms with Gasteiger partial charge < -0.3 is 15.4 Å². The number of anilines is 2. The first-order valence-electron chi connectivity index (χ1n) is 6.22. The van der Waals surface area contributed by atoms with Gasteiger partial charge in [0.2, 0.25) is 0 Å². The zero-order valence-corrected chi connectivity index (χ0v) is 11.5. The molecule has 0 saturated carbocycles. The fourth-order valence-electron chi connectivity index (χ4n) is 2.25. The third kappa shape index (κ3) is 3.28. The molecule has 0 aromatic heterocycles. The minimum Gasteiger partial charge on any atom is -0.397 e. The standard InChI is InChI=1S/C13H20ClN3O/c1-18-9-8-16-4-6-17(7-5-16)13-3-2-11(14)10-12(13)15/h2-3,10H,4-9,15H2,1H3. The van der Waals surface area contributed by atoms with Crippen molar-refractivity contribution >= 4 is 23.0 Å². The van der Waals surface area contributed by atoms with Gasteiger partial charge in [-0.1, -0.05) is 11.6 Å². The molecule has 0 amide bonds. The van der Waals surface area contributed by atoms with Crippen molar-refractivity contribution < 1.29 is 4.74 Å². The third-order valence-corrected chi connectivity index (χ3v) is 3.55. The Kier molecular flexibility index (Phi) is 4.69. The minimum absolute atomic E-state index is 0.690. The topological polar surface area (TPSA) is 41.7 Å². The van der Waals surface area contributed by atoms with E-state index in [4.69, 9.17) is 22.1 Å². The molecule has 0 atom stereocenters. The number of halogens is 1. The van der Waals surface area contributed by atoms with Crippen LogP contribution in [0.1, 0.15) is 0 Å². The largest absolute Gasteiger partial charge is 0.397 e. The summed E-state index contributed by atoms with van der Waals surface area (Å²) in [6, 6.07) is 5.71. The average molecular weight is 270 g/mol. The summed E-state index contributed by atoms with van der Waals surface area (Å²) in [6.45, 7) is 5.88. The maximum absolute atomic E-state index is 6.01. The SMILES string of the molecule is COCCN1CCN(c2ccc(Cl)cc2N)CC1. The summed E-state index contributed by atoms with van der Waals surface area (Å²) >= 11 is 5.92. The quantitative estimate of drug-likeness (QED) is 0.845. The molecule has 0 unspecified atom stereocenters. The molecule has 1 aliphatic rings. The second-order valence-electron chi connectivity index (χ2n) is 4.52. The average Bonchev–Trinajstić information content (AvgIpc) is 2.37. The molecule has 1 aromatic carbocycles. The van der Waals surface area contributed by atoms with Gasteiger partial charge in [0.1, 0.15) is 0 Å². The molecule has 0 bridgehead atoms. The molecule has 1 aliphatic heterocycles. The van der Waals surface area contributed by atoms with E-state index >= 15 is 0 Å². The van der Waals surface area contributed by atoms with Gasteiger partial charge in [0.25, 0.3) is 0 Å². The fraction of sp³-hybridized carbons (Fsp3) is 0.538. The van der Waals surface area contributed by atoms with Crippen LogP contribution in [0, 0.1) is 0 Å². The van der Waals surface area contributed by atoms with Crippen molar-refractivity contribution in [2.24, 2.45) is 0 Å². The van der Waals surface area contributed by atoms with E-state index in [1.807, 2.05) is 18.2 Å². The van der Waals surface area contributed by atoms with E-state index in [-0.39, 0.29) is 0 Å². The van der Waals surface area contributed by atoms with E-state index in [1.54, 1.807) is 7.11 Å². The monoisotopic (exact) mass is 269 g/mol. The summed E-state index contributed by atoms with van der Waals surface area (Å²) in [7, 11) is 1.74. The molecule has 5 heteroatoms. The number of methoxy groups -OCH3 is 1. The lowest BCUT2D eigenvalue weighted by Gasteiger charge is -2.36. The number of nitrogen functional groups attached to an aromatic ring is 1. The van der Waals surface area contributed by atoms with Crippen molar-refractivity contribution in [1.82, 2.24) is 4.90 Å². The van der Waals surface area contributed by atoms with Crippen LogP contribution >= 0.6 is 11.6 Å². The van der Waals surface area contributed by atoms with Gasteiger partial charge in [-0.2, -0.15) is 0 Å². The second kappa shape index (κ2) is 6.27. The minimum atomic E-state index is 0.690. The number of nitrogens with zero attached hydrogens (tertiary/aromatic N) is 2. The van der Waals surface area contributed by atoms with Crippen LogP contribution in [0.5, 0.6) is 0 Å². The summed E-state index contributed by atoms with van der Waals surface area (Å²) < 4.78 is 5.10. The van der Waals surface area contributed by atoms with E-state index < -0.39 is 0 Å². The predicted molar refractivity (Wildman–Crippen MR) is 76.4 cm³/mol. The molecular formula is C13H20ClN3O. The number of ether oxygens (including phenoxy) is 1. The van der Waals surface area contributed by atoms with Crippen LogP contribution in [0.2, 0.25) is 5.02 Å². The van der Waals surface area contributed by atoms with Crippen molar-refractivity contribution in [1.29, 1.82) is 0 Å². The Morgan fingerprint density at radius 1 is 1.28 bits per heavy atom. The molecule has 0 radical (unpaired) electrons. The maximum atomic E-state index is 6.01. The van der Waals surface area contributed by atoms with Gasteiger partial charge >= 0.3 is 0 Å². The highest BCUT2D eigenvalue weighted by Gasteiger charge is 2.18. The van der Waals surface area contributed by atoms with E-state index in [2.05, 4.69) is 9.80 Å². The zero-order valence-electron chi connectivity index (χ0n) is 10.7. The first kappa shape index (κ1) is 13.5. The number of rotatable bonds is 4. The second-order valence-corrected chi connectivity index (χ2v) is 4.96. The van der Waals surface area contributed by atoms with Crippen LogP contribution in [0.4, 0.5) is 11.4 Å². The van der Waals surface area contributed by atoms with Crippen molar-refractivity contribution in [3.05, 3.63) is 23.2 Å². The fourth-order valence-corrected chi connectivity index (χ4v) is 2.43. The number of hydrogen-bond donors (Lipinski definition) is 1. The Bertz CT molecular complexity index is 392. The van der Waals surface area contributed by atoms with Crippen LogP contribution in [-0.2, 0) is 4.74 Å². The molecule has 2 N–H and O–H groups in total. The van der Waals surface area contributed by atoms with E-state index in [0.29, 0.717) is 5.02 Å². The van der Waals surface area contributed by atoms with Crippen LogP contribution in [-0.4, -0.2) is 51.3 Å². The Hall–Kier alpha value is -0.970. The van der Waals surface area contributed by atoms with Gasteiger partial charge in [-0.3, -0.25) is 4.90 Å². The van der Waals surface area contributed by atoms with Crippen molar-refractivity contribution in [2.75, 3.05) is 57.1 Å². The normalized spacial score (nSPS) is 17.1. The lowest BCUT2D eigenvalue weighted by molar-refractivity contribution is 0.144. The Morgan fingerprint density at radius 3 is 2.61 bits per heavy atom. The van der Waals surface area contributed by atoms with Gasteiger partial charge in [0.05, 0.1) is 18.0 Å². The molecule has 1 heterocycles. The Labute approximate surface area is 113 Å². The predicted octanol–water partition coefficient (Wildman–Crippen LogP) is 1.69. The van der Waals surface area contributed by atoms with Crippen LogP contribution < -0.4 is 10.6 Å². The molecular weight excluding hydrogens is 250 g/mol. The summed E-state index contributed by atoms with van der Waals surface area (Å²) in [4.78, 5) is 4.72. The van der Waals surface area contributed by atoms with Gasteiger partial charge in [-0.15, -0.1) is 0 Å². The van der Waals surface area contributed by atoms with Crippen molar-refractivity contribution in [2.45, 2.75) is 0 Å². The molecule has 1 fully saturated rings. The Morgan fingerprint density at radius 2 is 2.00 bits per heavy atom. The van der Waals surface area contributed by atoms with Crippen molar-refractivity contribution in [3.8, 4) is 0 Å². The van der Waals surface area contributed by atoms with E-state index in [1.165, 1.54) is 0 Å². The number of piperazine rings is 1. The number of nitrogens with two attached hydrogens (primary N) is 1. The first-order chi connectivity index (χ1) is 8.70. The molecule has 100 valence electrons. The van der Waals surface area contributed by atoms with Gasteiger partial charge in [0.15, 0.2) is 0 Å². The van der Waals surface area contributed by atoms with Gasteiger partial charge in [0, 0.05) is 44.9 Å². The third-order valence-electron chi connectivity index (χ3n) is 3.31. The van der Waals surface area contributed by atoms with Crippen LogP contribution in [0.25, 0.3) is 0 Å². The van der Waals surface area contributed by atoms with Crippen LogP contribution in [0.15, 0.2) is 18.2 Å². The lowest BCUT2D eigenvalue weighted by Crippen LogP contribution is -2.47. The highest BCUT2D eigenvalue weighted by atomic mass is 35.5. The molecule has 2 rings (SSSR count). The number of benzene rings is 1. The molecule has 0 aliphatic carbocycles. The summed E-state index contributed by atoms with van der Waals surface area (Å²) in [5.74, 6) is 0. The van der Waals surface area contributed by atoms with Crippen molar-refractivity contribution in [3.63, 3.8) is 0 Å². The van der Waals surface area contributed by atoms with Gasteiger partial charge in [-0.05, 0) is 18.2 Å². The van der Waals surface area contributed by atoms with Gasteiger partial charge in [-0.25, -0.2) is 0 Å². The molecule has 4 nitrogen and oxygen atoms in total. The summed E-state index contributed by atoms with van der Waals surface area (Å²) in [6.07, 6.45) is 0. The van der Waals surface area contributed by atoms with Crippen LogP contribution in [0.3, 0.4) is 0 Å². The highest BCUT2D eigenvalue weighted by Crippen LogP contribution is 2.27. The van der Waals surface area contributed by atoms with E-state index in [0.717, 1.165) is 50.7 Å². The zero-order chi connectivity index (χ0) is 13.0. The maximum Gasteiger partial charge on any atom is 0.0601 e. The molecule has 0 spiro atoms.